The molecule has 0 aromatic heterocycles. The van der Waals surface area contributed by atoms with Gasteiger partial charge in [0.1, 0.15) is 0 Å². The standard InChI is InChI=1S/C12H9F3O3S2/c1-19-11-7-9-5-3-2-4-8(9)6-10(11)18-20(16,17)12(13,14)15/h2-7H,1H3. The molecule has 0 amide bonds. The zero-order chi connectivity index (χ0) is 15.0. The van der Waals surface area contributed by atoms with Gasteiger partial charge in [-0.2, -0.15) is 21.6 Å². The summed E-state index contributed by atoms with van der Waals surface area (Å²) in [6.07, 6.45) is 1.62. The van der Waals surface area contributed by atoms with E-state index in [0.29, 0.717) is 10.3 Å². The molecule has 0 aliphatic heterocycles. The van der Waals surface area contributed by atoms with E-state index in [1.54, 1.807) is 36.6 Å². The predicted molar refractivity (Wildman–Crippen MR) is 71.3 cm³/mol. The molecule has 2 aromatic rings. The van der Waals surface area contributed by atoms with Crippen molar-refractivity contribution in [3.8, 4) is 5.75 Å². The Balaban J connectivity index is 2.54. The molecular formula is C12H9F3O3S2. The summed E-state index contributed by atoms with van der Waals surface area (Å²) < 4.78 is 63.4. The molecule has 0 bridgehead atoms. The summed E-state index contributed by atoms with van der Waals surface area (Å²) in [6.45, 7) is 0. The van der Waals surface area contributed by atoms with Crippen LogP contribution < -0.4 is 4.18 Å². The Morgan fingerprint density at radius 3 is 2.15 bits per heavy atom. The average Bonchev–Trinajstić information content (AvgIpc) is 2.36. The highest BCUT2D eigenvalue weighted by Gasteiger charge is 2.48. The van der Waals surface area contributed by atoms with Crippen LogP contribution >= 0.6 is 11.8 Å². The maximum Gasteiger partial charge on any atom is 0.534 e. The van der Waals surface area contributed by atoms with Gasteiger partial charge in [0.15, 0.2) is 5.75 Å². The third-order valence-electron chi connectivity index (χ3n) is 2.51. The molecule has 0 atom stereocenters. The van der Waals surface area contributed by atoms with E-state index in [1.165, 1.54) is 6.07 Å². The summed E-state index contributed by atoms with van der Waals surface area (Å²) >= 11 is 1.10. The second kappa shape index (κ2) is 5.17. The Labute approximate surface area is 117 Å². The number of benzene rings is 2. The maximum atomic E-state index is 12.3. The van der Waals surface area contributed by atoms with Crippen molar-refractivity contribution in [1.82, 2.24) is 0 Å². The minimum atomic E-state index is -5.67. The molecule has 20 heavy (non-hydrogen) atoms. The highest BCUT2D eigenvalue weighted by Crippen LogP contribution is 2.35. The number of alkyl halides is 3. The molecule has 2 rings (SSSR count). The number of hydrogen-bond acceptors (Lipinski definition) is 4. The monoisotopic (exact) mass is 322 g/mol. The van der Waals surface area contributed by atoms with Crippen LogP contribution in [0.2, 0.25) is 0 Å². The molecule has 2 aromatic carbocycles. The first-order chi connectivity index (χ1) is 9.24. The fraction of sp³-hybridized carbons (Fsp3) is 0.167. The van der Waals surface area contributed by atoms with Gasteiger partial charge < -0.3 is 4.18 Å². The van der Waals surface area contributed by atoms with E-state index >= 15 is 0 Å². The van der Waals surface area contributed by atoms with Crippen molar-refractivity contribution < 1.29 is 25.8 Å². The summed E-state index contributed by atoms with van der Waals surface area (Å²) in [5, 5.41) is 1.38. The fourth-order valence-corrected chi connectivity index (χ4v) is 2.66. The molecule has 0 fully saturated rings. The van der Waals surface area contributed by atoms with Crippen molar-refractivity contribution in [2.24, 2.45) is 0 Å². The first-order valence-corrected chi connectivity index (χ1v) is 7.95. The molecule has 0 unspecified atom stereocenters. The van der Waals surface area contributed by atoms with Crippen LogP contribution in [0, 0.1) is 0 Å². The minimum Gasteiger partial charge on any atom is -0.375 e. The molecule has 0 saturated heterocycles. The van der Waals surface area contributed by atoms with Gasteiger partial charge in [-0.1, -0.05) is 24.3 Å². The predicted octanol–water partition coefficient (Wildman–Crippen LogP) is 3.79. The largest absolute Gasteiger partial charge is 0.534 e. The van der Waals surface area contributed by atoms with E-state index in [2.05, 4.69) is 4.18 Å². The lowest BCUT2D eigenvalue weighted by molar-refractivity contribution is -0.0500. The van der Waals surface area contributed by atoms with Gasteiger partial charge in [0.25, 0.3) is 0 Å². The van der Waals surface area contributed by atoms with E-state index in [1.807, 2.05) is 0 Å². The van der Waals surface area contributed by atoms with Crippen LogP contribution in [-0.4, -0.2) is 20.2 Å². The molecule has 0 saturated carbocycles. The van der Waals surface area contributed by atoms with Crippen molar-refractivity contribution in [2.45, 2.75) is 10.4 Å². The van der Waals surface area contributed by atoms with Crippen LogP contribution in [0.15, 0.2) is 41.3 Å². The maximum absolute atomic E-state index is 12.3. The quantitative estimate of drug-likeness (QED) is 0.490. The lowest BCUT2D eigenvalue weighted by Gasteiger charge is -2.13. The third-order valence-corrected chi connectivity index (χ3v) is 4.24. The van der Waals surface area contributed by atoms with Gasteiger partial charge >= 0.3 is 15.6 Å². The fourth-order valence-electron chi connectivity index (χ4n) is 1.59. The molecule has 0 heterocycles. The van der Waals surface area contributed by atoms with Gasteiger partial charge in [-0.15, -0.1) is 11.8 Å². The van der Waals surface area contributed by atoms with E-state index in [9.17, 15) is 21.6 Å². The molecule has 0 radical (unpaired) electrons. The van der Waals surface area contributed by atoms with Crippen molar-refractivity contribution in [3.63, 3.8) is 0 Å². The number of hydrogen-bond donors (Lipinski definition) is 0. The van der Waals surface area contributed by atoms with Gasteiger partial charge in [-0.05, 0) is 29.2 Å². The van der Waals surface area contributed by atoms with Gasteiger partial charge in [0.2, 0.25) is 0 Å². The Hall–Kier alpha value is -1.41. The highest BCUT2D eigenvalue weighted by atomic mass is 32.2. The second-order valence-corrected chi connectivity index (χ2v) is 6.22. The molecule has 8 heteroatoms. The molecule has 0 spiro atoms. The zero-order valence-electron chi connectivity index (χ0n) is 10.1. The average molecular weight is 322 g/mol. The minimum absolute atomic E-state index is 0.316. The van der Waals surface area contributed by atoms with E-state index in [0.717, 1.165) is 17.1 Å². The summed E-state index contributed by atoms with van der Waals surface area (Å²) in [4.78, 5) is 0.316. The lowest BCUT2D eigenvalue weighted by atomic mass is 10.1. The van der Waals surface area contributed by atoms with Crippen LogP contribution in [0.1, 0.15) is 0 Å². The number of halogens is 3. The molecular weight excluding hydrogens is 313 g/mol. The summed E-state index contributed by atoms with van der Waals surface area (Å²) in [5.74, 6) is -0.325. The molecule has 108 valence electrons. The normalized spacial score (nSPS) is 12.6. The summed E-state index contributed by atoms with van der Waals surface area (Å²) in [7, 11) is -5.67. The Morgan fingerprint density at radius 2 is 1.65 bits per heavy atom. The van der Waals surface area contributed by atoms with Crippen molar-refractivity contribution in [1.29, 1.82) is 0 Å². The van der Waals surface area contributed by atoms with Gasteiger partial charge in [0, 0.05) is 0 Å². The van der Waals surface area contributed by atoms with E-state index in [-0.39, 0.29) is 5.75 Å². The van der Waals surface area contributed by atoms with Crippen LogP contribution in [0.5, 0.6) is 5.75 Å². The second-order valence-electron chi connectivity index (χ2n) is 3.83. The molecule has 0 N–H and O–H groups in total. The number of rotatable bonds is 3. The number of thioether (sulfide) groups is 1. The zero-order valence-corrected chi connectivity index (χ0v) is 11.8. The van der Waals surface area contributed by atoms with Crippen LogP contribution in [0.25, 0.3) is 10.8 Å². The van der Waals surface area contributed by atoms with Gasteiger partial charge in [-0.25, -0.2) is 0 Å². The SMILES string of the molecule is CSc1cc2ccccc2cc1OS(=O)(=O)C(F)(F)F. The van der Waals surface area contributed by atoms with Crippen LogP contribution in [-0.2, 0) is 10.1 Å². The lowest BCUT2D eigenvalue weighted by Crippen LogP contribution is -2.28. The molecule has 3 nitrogen and oxygen atoms in total. The van der Waals surface area contributed by atoms with Gasteiger partial charge in [-0.3, -0.25) is 0 Å². The third kappa shape index (κ3) is 2.85. The first-order valence-electron chi connectivity index (χ1n) is 5.32. The van der Waals surface area contributed by atoms with Gasteiger partial charge in [0.05, 0.1) is 4.90 Å². The Bertz CT molecular complexity index is 739. The molecule has 0 aliphatic carbocycles. The summed E-state index contributed by atoms with van der Waals surface area (Å²) in [5.41, 5.74) is -5.45. The van der Waals surface area contributed by atoms with E-state index in [4.69, 9.17) is 0 Å². The smallest absolute Gasteiger partial charge is 0.375 e. The Morgan fingerprint density at radius 1 is 1.10 bits per heavy atom. The topological polar surface area (TPSA) is 43.4 Å². The van der Waals surface area contributed by atoms with Crippen LogP contribution in [0.3, 0.4) is 0 Å². The first kappa shape index (κ1) is 15.0. The van der Waals surface area contributed by atoms with E-state index < -0.39 is 15.6 Å². The van der Waals surface area contributed by atoms with Crippen LogP contribution in [0.4, 0.5) is 13.2 Å². The van der Waals surface area contributed by atoms with Crippen molar-refractivity contribution in [3.05, 3.63) is 36.4 Å². The van der Waals surface area contributed by atoms with Crippen molar-refractivity contribution >= 4 is 32.7 Å². The summed E-state index contributed by atoms with van der Waals surface area (Å²) in [6, 6.07) is 9.78. The highest BCUT2D eigenvalue weighted by molar-refractivity contribution is 7.98. The number of fused-ring (bicyclic) bond motifs is 1. The molecule has 0 aliphatic rings. The Kier molecular flexibility index (Phi) is 3.88. The van der Waals surface area contributed by atoms with Crippen molar-refractivity contribution in [2.75, 3.05) is 6.26 Å².